The Morgan fingerprint density at radius 1 is 1.24 bits per heavy atom. The van der Waals surface area contributed by atoms with Crippen molar-refractivity contribution in [3.8, 4) is 0 Å². The summed E-state index contributed by atoms with van der Waals surface area (Å²) in [6.45, 7) is -0.201. The molecule has 1 aromatic rings. The maximum absolute atomic E-state index is 12.7. The Morgan fingerprint density at radius 3 is 2.43 bits per heavy atom. The van der Waals surface area contributed by atoms with E-state index >= 15 is 0 Å². The van der Waals surface area contributed by atoms with E-state index in [0.717, 1.165) is 12.1 Å². The normalized spacial score (nSPS) is 12.6. The lowest BCUT2D eigenvalue weighted by molar-refractivity contribution is -0.146. The number of para-hydroxylation sites is 1. The van der Waals surface area contributed by atoms with E-state index in [4.69, 9.17) is 10.2 Å². The molecular weight excluding hydrogens is 293 g/mol. The van der Waals surface area contributed by atoms with Gasteiger partial charge in [-0.05, 0) is 12.1 Å². The van der Waals surface area contributed by atoms with E-state index in [1.165, 1.54) is 12.1 Å². The lowest BCUT2D eigenvalue weighted by Gasteiger charge is -2.14. The molecule has 6 nitrogen and oxygen atoms in total. The maximum Gasteiger partial charge on any atom is 0.418 e. The Balaban J connectivity index is 2.58. The van der Waals surface area contributed by atoms with Crippen molar-refractivity contribution in [2.24, 2.45) is 0 Å². The first-order valence-electron chi connectivity index (χ1n) is 5.83. The van der Waals surface area contributed by atoms with E-state index in [-0.39, 0.29) is 13.0 Å². The number of anilines is 1. The van der Waals surface area contributed by atoms with E-state index in [1.807, 2.05) is 5.32 Å². The number of carbonyl (C=O) groups is 2. The number of urea groups is 1. The third kappa shape index (κ3) is 5.30. The quantitative estimate of drug-likeness (QED) is 0.665. The molecule has 0 unspecified atom stereocenters. The Bertz CT molecular complexity index is 519. The van der Waals surface area contributed by atoms with Crippen LogP contribution in [0, 0.1) is 0 Å². The number of carboxylic acids is 1. The van der Waals surface area contributed by atoms with Gasteiger partial charge < -0.3 is 20.8 Å². The number of aliphatic carboxylic acids is 1. The highest BCUT2D eigenvalue weighted by Gasteiger charge is 2.33. The van der Waals surface area contributed by atoms with Crippen LogP contribution in [0.3, 0.4) is 0 Å². The summed E-state index contributed by atoms with van der Waals surface area (Å²) < 4.78 is 38.0. The second-order valence-corrected chi connectivity index (χ2v) is 4.07. The number of hydrogen-bond acceptors (Lipinski definition) is 3. The summed E-state index contributed by atoms with van der Waals surface area (Å²) in [5.41, 5.74) is -1.41. The molecule has 1 aromatic carbocycles. The molecule has 0 heterocycles. The lowest BCUT2D eigenvalue weighted by atomic mass is 10.1. The fourth-order valence-corrected chi connectivity index (χ4v) is 1.45. The summed E-state index contributed by atoms with van der Waals surface area (Å²) >= 11 is 0. The molecule has 0 radical (unpaired) electrons. The van der Waals surface area contributed by atoms with Crippen LogP contribution in [0.2, 0.25) is 0 Å². The van der Waals surface area contributed by atoms with Gasteiger partial charge in [-0.3, -0.25) is 0 Å². The number of aliphatic hydroxyl groups is 1. The van der Waals surface area contributed by atoms with Gasteiger partial charge in [0.05, 0.1) is 11.3 Å². The highest BCUT2D eigenvalue weighted by molar-refractivity contribution is 5.90. The number of alkyl halides is 3. The Morgan fingerprint density at radius 2 is 1.86 bits per heavy atom. The van der Waals surface area contributed by atoms with E-state index in [0.29, 0.717) is 0 Å². The molecule has 1 rings (SSSR count). The van der Waals surface area contributed by atoms with Crippen molar-refractivity contribution in [2.45, 2.75) is 18.7 Å². The first-order chi connectivity index (χ1) is 9.71. The first kappa shape index (κ1) is 16.8. The summed E-state index contributed by atoms with van der Waals surface area (Å²) in [6.07, 6.45) is -6.51. The summed E-state index contributed by atoms with van der Waals surface area (Å²) in [4.78, 5) is 21.7. The molecule has 0 fully saturated rings. The third-order valence-corrected chi connectivity index (χ3v) is 2.47. The highest BCUT2D eigenvalue weighted by atomic mass is 19.4. The van der Waals surface area contributed by atoms with Crippen molar-refractivity contribution in [3.05, 3.63) is 29.8 Å². The van der Waals surface area contributed by atoms with E-state index in [9.17, 15) is 22.8 Å². The van der Waals surface area contributed by atoms with Gasteiger partial charge in [-0.2, -0.15) is 13.2 Å². The molecule has 0 aliphatic heterocycles. The highest BCUT2D eigenvalue weighted by Crippen LogP contribution is 2.34. The van der Waals surface area contributed by atoms with Gasteiger partial charge in [0.1, 0.15) is 0 Å². The predicted molar refractivity (Wildman–Crippen MR) is 66.7 cm³/mol. The molecule has 0 spiro atoms. The van der Waals surface area contributed by atoms with Crippen LogP contribution < -0.4 is 10.6 Å². The van der Waals surface area contributed by atoms with E-state index in [2.05, 4.69) is 5.32 Å². The summed E-state index contributed by atoms with van der Waals surface area (Å²) in [5.74, 6) is -1.44. The molecule has 21 heavy (non-hydrogen) atoms. The Kier molecular flexibility index (Phi) is 5.53. The van der Waals surface area contributed by atoms with E-state index in [1.54, 1.807) is 0 Å². The molecule has 0 aliphatic rings. The van der Waals surface area contributed by atoms with Crippen molar-refractivity contribution in [2.75, 3.05) is 11.9 Å². The summed E-state index contributed by atoms with van der Waals surface area (Å²) in [7, 11) is 0. The fraction of sp³-hybridized carbons (Fsp3) is 0.333. The molecule has 9 heteroatoms. The number of carbonyl (C=O) groups excluding carboxylic acids is 1. The van der Waals surface area contributed by atoms with Crippen LogP contribution in [-0.2, 0) is 11.0 Å². The largest absolute Gasteiger partial charge is 0.479 e. The minimum Gasteiger partial charge on any atom is -0.479 e. The zero-order valence-electron chi connectivity index (χ0n) is 10.6. The second kappa shape index (κ2) is 6.93. The standard InChI is InChI=1S/C12H13F3N2O4/c13-12(14,15)7-3-1-2-4-8(7)17-11(21)16-6-5-9(18)10(19)20/h1-4,9,18H,5-6H2,(H,19,20)(H2,16,17,21)/t9-/m0/s1. The molecule has 0 aromatic heterocycles. The Labute approximate surface area is 117 Å². The van der Waals surface area contributed by atoms with Crippen LogP contribution in [0.4, 0.5) is 23.7 Å². The van der Waals surface area contributed by atoms with Gasteiger partial charge in [0, 0.05) is 13.0 Å². The molecule has 0 bridgehead atoms. The average Bonchev–Trinajstić information content (AvgIpc) is 2.37. The van der Waals surface area contributed by atoms with Crippen LogP contribution in [0.1, 0.15) is 12.0 Å². The SMILES string of the molecule is O=C(NCC[C@H](O)C(=O)O)Nc1ccccc1C(F)(F)F. The van der Waals surface area contributed by atoms with Gasteiger partial charge in [-0.15, -0.1) is 0 Å². The summed E-state index contributed by atoms with van der Waals surface area (Å²) in [6, 6.07) is 3.51. The lowest BCUT2D eigenvalue weighted by Crippen LogP contribution is -2.33. The van der Waals surface area contributed by atoms with Gasteiger partial charge in [0.2, 0.25) is 0 Å². The second-order valence-electron chi connectivity index (χ2n) is 4.07. The monoisotopic (exact) mass is 306 g/mol. The van der Waals surface area contributed by atoms with Crippen molar-refractivity contribution in [1.29, 1.82) is 0 Å². The van der Waals surface area contributed by atoms with Gasteiger partial charge in [-0.1, -0.05) is 12.1 Å². The van der Waals surface area contributed by atoms with Gasteiger partial charge >= 0.3 is 18.2 Å². The Hall–Kier alpha value is -2.29. The van der Waals surface area contributed by atoms with Crippen LogP contribution in [-0.4, -0.2) is 34.9 Å². The molecule has 0 saturated carbocycles. The van der Waals surface area contributed by atoms with E-state index < -0.39 is 35.5 Å². The topological polar surface area (TPSA) is 98.7 Å². The van der Waals surface area contributed by atoms with Crippen LogP contribution >= 0.6 is 0 Å². The molecule has 116 valence electrons. The molecule has 0 aliphatic carbocycles. The van der Waals surface area contributed by atoms with Crippen LogP contribution in [0.25, 0.3) is 0 Å². The minimum atomic E-state index is -4.61. The maximum atomic E-state index is 12.7. The average molecular weight is 306 g/mol. The van der Waals surface area contributed by atoms with Crippen LogP contribution in [0.5, 0.6) is 0 Å². The molecule has 1 atom stereocenters. The van der Waals surface area contributed by atoms with Crippen molar-refractivity contribution < 1.29 is 33.0 Å². The zero-order chi connectivity index (χ0) is 16.0. The van der Waals surface area contributed by atoms with Crippen LogP contribution in [0.15, 0.2) is 24.3 Å². The molecule has 0 saturated heterocycles. The van der Waals surface area contributed by atoms with Gasteiger partial charge in [0.15, 0.2) is 6.10 Å². The number of amides is 2. The third-order valence-electron chi connectivity index (χ3n) is 2.47. The number of benzene rings is 1. The van der Waals surface area contributed by atoms with Crippen molar-refractivity contribution in [3.63, 3.8) is 0 Å². The molecular formula is C12H13F3N2O4. The predicted octanol–water partition coefficient (Wildman–Crippen LogP) is 1.66. The number of rotatable bonds is 5. The van der Waals surface area contributed by atoms with Crippen molar-refractivity contribution in [1.82, 2.24) is 5.32 Å². The number of hydrogen-bond donors (Lipinski definition) is 4. The van der Waals surface area contributed by atoms with Crippen molar-refractivity contribution >= 4 is 17.7 Å². The zero-order valence-corrected chi connectivity index (χ0v) is 10.6. The minimum absolute atomic E-state index is 0.201. The number of halogens is 3. The number of nitrogens with one attached hydrogen (secondary N) is 2. The number of aliphatic hydroxyl groups excluding tert-OH is 1. The molecule has 4 N–H and O–H groups in total. The summed E-state index contributed by atoms with van der Waals surface area (Å²) in [5, 5.41) is 21.5. The first-order valence-corrected chi connectivity index (χ1v) is 5.83. The fourth-order valence-electron chi connectivity index (χ4n) is 1.45. The smallest absolute Gasteiger partial charge is 0.418 e. The van der Waals surface area contributed by atoms with Gasteiger partial charge in [0.25, 0.3) is 0 Å². The number of carboxylic acid groups (broad SMARTS) is 1. The van der Waals surface area contributed by atoms with Gasteiger partial charge in [-0.25, -0.2) is 9.59 Å². The molecule has 2 amide bonds.